The molecule has 0 spiro atoms. The number of rotatable bonds is 3. The fraction of sp³-hybridized carbons (Fsp3) is 0.121. The van der Waals surface area contributed by atoms with Crippen molar-refractivity contribution < 1.29 is 4.42 Å². The standard InChI is InChI=1S/C33H25N3O/c1-19(2)32-35-29-24-15-12-22(21-8-5-4-6-9-21)18-23(24)13-16-26(29)30(36-32)27-14-11-20(3)28-25-10-7-17-34-33(25)37-31(27)28/h4-19H,1-3H3. The highest BCUT2D eigenvalue weighted by molar-refractivity contribution is 6.15. The van der Waals surface area contributed by atoms with Gasteiger partial charge in [-0.05, 0) is 59.3 Å². The van der Waals surface area contributed by atoms with Gasteiger partial charge in [0, 0.05) is 39.2 Å². The zero-order chi connectivity index (χ0) is 25.1. The lowest BCUT2D eigenvalue weighted by Crippen LogP contribution is -2.01. The van der Waals surface area contributed by atoms with Crippen molar-refractivity contribution in [2.75, 3.05) is 0 Å². The molecule has 178 valence electrons. The fourth-order valence-electron chi connectivity index (χ4n) is 5.28. The third kappa shape index (κ3) is 3.40. The highest BCUT2D eigenvalue weighted by atomic mass is 16.3. The average Bonchev–Trinajstić information content (AvgIpc) is 3.33. The van der Waals surface area contributed by atoms with Crippen molar-refractivity contribution in [3.05, 3.63) is 103 Å². The fourth-order valence-corrected chi connectivity index (χ4v) is 5.28. The summed E-state index contributed by atoms with van der Waals surface area (Å²) < 4.78 is 6.35. The molecule has 3 aromatic heterocycles. The SMILES string of the molecule is Cc1ccc(-c2nc(C(C)C)nc3c2ccc2cc(-c4ccccc4)ccc23)c2oc3ncccc3c12. The Kier molecular flexibility index (Phi) is 4.83. The molecule has 0 aliphatic rings. The van der Waals surface area contributed by atoms with E-state index in [4.69, 9.17) is 14.4 Å². The quantitative estimate of drug-likeness (QED) is 0.238. The van der Waals surface area contributed by atoms with Crippen LogP contribution in [0.25, 0.3) is 66.1 Å². The van der Waals surface area contributed by atoms with E-state index in [0.717, 1.165) is 60.7 Å². The van der Waals surface area contributed by atoms with Crippen LogP contribution in [-0.2, 0) is 0 Å². The maximum Gasteiger partial charge on any atom is 0.227 e. The number of aryl methyl sites for hydroxylation is 1. The summed E-state index contributed by atoms with van der Waals surface area (Å²) in [4.78, 5) is 14.7. The summed E-state index contributed by atoms with van der Waals surface area (Å²) in [6, 6.07) is 29.7. The summed E-state index contributed by atoms with van der Waals surface area (Å²) in [6.07, 6.45) is 1.77. The molecule has 0 amide bonds. The van der Waals surface area contributed by atoms with Crippen LogP contribution in [-0.4, -0.2) is 15.0 Å². The van der Waals surface area contributed by atoms with Gasteiger partial charge < -0.3 is 4.42 Å². The van der Waals surface area contributed by atoms with Crippen LogP contribution < -0.4 is 0 Å². The minimum atomic E-state index is 0.181. The molecule has 4 nitrogen and oxygen atoms in total. The van der Waals surface area contributed by atoms with Crippen LogP contribution in [0.1, 0.15) is 31.2 Å². The zero-order valence-electron chi connectivity index (χ0n) is 21.0. The second-order valence-electron chi connectivity index (χ2n) is 9.94. The molecule has 7 rings (SSSR count). The number of nitrogens with zero attached hydrogens (tertiary/aromatic N) is 3. The van der Waals surface area contributed by atoms with Crippen LogP contribution in [0.4, 0.5) is 0 Å². The number of hydrogen-bond acceptors (Lipinski definition) is 4. The number of aromatic nitrogens is 3. The molecular weight excluding hydrogens is 454 g/mol. The number of benzene rings is 4. The first kappa shape index (κ1) is 21.7. The predicted octanol–water partition coefficient (Wildman–Crippen LogP) is 8.84. The van der Waals surface area contributed by atoms with Crippen molar-refractivity contribution in [2.45, 2.75) is 26.7 Å². The minimum absolute atomic E-state index is 0.181. The van der Waals surface area contributed by atoms with Gasteiger partial charge in [0.25, 0.3) is 0 Å². The van der Waals surface area contributed by atoms with Gasteiger partial charge in [-0.2, -0.15) is 0 Å². The van der Waals surface area contributed by atoms with Crippen molar-refractivity contribution in [3.8, 4) is 22.4 Å². The lowest BCUT2D eigenvalue weighted by molar-refractivity contribution is 0.654. The molecule has 7 aromatic rings. The van der Waals surface area contributed by atoms with Gasteiger partial charge in [0.15, 0.2) is 0 Å². The Hall–Kier alpha value is -4.57. The zero-order valence-corrected chi connectivity index (χ0v) is 21.0. The van der Waals surface area contributed by atoms with E-state index < -0.39 is 0 Å². The van der Waals surface area contributed by atoms with Gasteiger partial charge in [0.1, 0.15) is 11.4 Å². The molecule has 3 heterocycles. The topological polar surface area (TPSA) is 51.8 Å². The smallest absolute Gasteiger partial charge is 0.227 e. The van der Waals surface area contributed by atoms with Crippen LogP contribution in [0.2, 0.25) is 0 Å². The number of hydrogen-bond donors (Lipinski definition) is 0. The summed E-state index contributed by atoms with van der Waals surface area (Å²) in [5.74, 6) is 1.00. The maximum absolute atomic E-state index is 6.35. The molecular formula is C33H25N3O. The van der Waals surface area contributed by atoms with Crippen LogP contribution in [0.5, 0.6) is 0 Å². The Bertz CT molecular complexity index is 1970. The van der Waals surface area contributed by atoms with Crippen LogP contribution in [0.15, 0.2) is 95.5 Å². The summed E-state index contributed by atoms with van der Waals surface area (Å²) >= 11 is 0. The highest BCUT2D eigenvalue weighted by Gasteiger charge is 2.20. The van der Waals surface area contributed by atoms with Gasteiger partial charge >= 0.3 is 0 Å². The van der Waals surface area contributed by atoms with E-state index in [9.17, 15) is 0 Å². The van der Waals surface area contributed by atoms with E-state index in [1.807, 2.05) is 12.1 Å². The second-order valence-corrected chi connectivity index (χ2v) is 9.94. The summed E-state index contributed by atoms with van der Waals surface area (Å²) in [6.45, 7) is 6.39. The van der Waals surface area contributed by atoms with Crippen LogP contribution >= 0.6 is 0 Å². The molecule has 0 saturated heterocycles. The normalized spacial score (nSPS) is 11.9. The molecule has 0 N–H and O–H groups in total. The van der Waals surface area contributed by atoms with Gasteiger partial charge in [-0.1, -0.05) is 68.4 Å². The highest BCUT2D eigenvalue weighted by Crippen LogP contribution is 2.40. The van der Waals surface area contributed by atoms with Gasteiger partial charge in [-0.3, -0.25) is 0 Å². The Morgan fingerprint density at radius 1 is 0.730 bits per heavy atom. The molecule has 0 unspecified atom stereocenters. The molecule has 37 heavy (non-hydrogen) atoms. The van der Waals surface area contributed by atoms with Crippen molar-refractivity contribution in [3.63, 3.8) is 0 Å². The van der Waals surface area contributed by atoms with Crippen molar-refractivity contribution in [1.82, 2.24) is 15.0 Å². The number of furan rings is 1. The molecule has 0 bridgehead atoms. The third-order valence-corrected chi connectivity index (χ3v) is 7.18. The summed E-state index contributed by atoms with van der Waals surface area (Å²) in [7, 11) is 0. The monoisotopic (exact) mass is 479 g/mol. The molecule has 0 aliphatic heterocycles. The lowest BCUT2D eigenvalue weighted by atomic mass is 9.96. The van der Waals surface area contributed by atoms with Crippen molar-refractivity contribution in [2.24, 2.45) is 0 Å². The van der Waals surface area contributed by atoms with Gasteiger partial charge in [-0.15, -0.1) is 0 Å². The molecule has 0 saturated carbocycles. The third-order valence-electron chi connectivity index (χ3n) is 7.18. The maximum atomic E-state index is 6.35. The summed E-state index contributed by atoms with van der Waals surface area (Å²) in [5, 5.41) is 5.42. The number of pyridine rings is 1. The second kappa shape index (κ2) is 8.24. The van der Waals surface area contributed by atoms with E-state index in [-0.39, 0.29) is 5.92 Å². The van der Waals surface area contributed by atoms with E-state index in [2.05, 4.69) is 98.6 Å². The molecule has 4 heteroatoms. The van der Waals surface area contributed by atoms with E-state index >= 15 is 0 Å². The van der Waals surface area contributed by atoms with E-state index in [1.54, 1.807) is 6.20 Å². The van der Waals surface area contributed by atoms with Gasteiger partial charge in [-0.25, -0.2) is 15.0 Å². The van der Waals surface area contributed by atoms with E-state index in [1.165, 1.54) is 11.1 Å². The Morgan fingerprint density at radius 2 is 1.57 bits per heavy atom. The minimum Gasteiger partial charge on any atom is -0.437 e. The molecule has 4 aromatic carbocycles. The Balaban J connectivity index is 1.54. The molecule has 0 atom stereocenters. The first-order valence-electron chi connectivity index (χ1n) is 12.7. The largest absolute Gasteiger partial charge is 0.437 e. The van der Waals surface area contributed by atoms with Crippen LogP contribution in [0.3, 0.4) is 0 Å². The molecule has 0 radical (unpaired) electrons. The van der Waals surface area contributed by atoms with E-state index in [0.29, 0.717) is 5.71 Å². The molecule has 0 aliphatic carbocycles. The van der Waals surface area contributed by atoms with Gasteiger partial charge in [0.2, 0.25) is 5.71 Å². The molecule has 0 fully saturated rings. The first-order chi connectivity index (χ1) is 18.1. The van der Waals surface area contributed by atoms with Crippen molar-refractivity contribution >= 4 is 43.7 Å². The average molecular weight is 480 g/mol. The predicted molar refractivity (Wildman–Crippen MR) is 152 cm³/mol. The van der Waals surface area contributed by atoms with Gasteiger partial charge in [0.05, 0.1) is 11.2 Å². The number of fused-ring (bicyclic) bond motifs is 6. The van der Waals surface area contributed by atoms with Crippen molar-refractivity contribution in [1.29, 1.82) is 0 Å². The summed E-state index contributed by atoms with van der Waals surface area (Å²) in [5.41, 5.74) is 7.86. The Morgan fingerprint density at radius 3 is 2.41 bits per heavy atom. The first-order valence-corrected chi connectivity index (χ1v) is 12.7. The lowest BCUT2D eigenvalue weighted by Gasteiger charge is -2.14. The Labute approximate surface area is 214 Å². The van der Waals surface area contributed by atoms with Crippen LogP contribution in [0, 0.1) is 6.92 Å².